The molecule has 0 aliphatic carbocycles. The molecule has 0 aliphatic rings. The van der Waals surface area contributed by atoms with E-state index in [1.165, 1.54) is 0 Å². The summed E-state index contributed by atoms with van der Waals surface area (Å²) in [5, 5.41) is 0. The van der Waals surface area contributed by atoms with E-state index in [2.05, 4.69) is 21.9 Å². The molecule has 0 radical (unpaired) electrons. The first-order chi connectivity index (χ1) is 8.79. The molecule has 0 aliphatic heterocycles. The van der Waals surface area contributed by atoms with Crippen LogP contribution in [0.1, 0.15) is 12.0 Å². The van der Waals surface area contributed by atoms with Gasteiger partial charge in [0.25, 0.3) is 0 Å². The molecule has 0 saturated carbocycles. The van der Waals surface area contributed by atoms with Gasteiger partial charge in [-0.1, -0.05) is 40.2 Å². The summed E-state index contributed by atoms with van der Waals surface area (Å²) in [6.07, 6.45) is 6.86. The highest BCUT2D eigenvalue weighted by atomic mass is 79.9. The number of hydrogen-bond acceptors (Lipinski definition) is 1. The van der Waals surface area contributed by atoms with Crippen molar-refractivity contribution < 1.29 is 4.74 Å². The third-order valence-corrected chi connectivity index (χ3v) is 3.03. The molecule has 0 bridgehead atoms. The number of terminal acetylenes is 1. The average molecular weight is 301 g/mol. The fourth-order valence-corrected chi connectivity index (χ4v) is 2.05. The zero-order valence-corrected chi connectivity index (χ0v) is 11.5. The lowest BCUT2D eigenvalue weighted by Crippen LogP contribution is -1.91. The lowest BCUT2D eigenvalue weighted by Gasteiger charge is -2.10. The third-order valence-electron chi connectivity index (χ3n) is 2.54. The van der Waals surface area contributed by atoms with Crippen molar-refractivity contribution in [2.75, 3.05) is 0 Å². The standard InChI is InChI=1S/C16H13BrO/c1-2-3-7-13-8-4-5-11-16(13)18-15-10-6-9-14(17)12-15/h1,4-6,8-12H,3,7H2. The third kappa shape index (κ3) is 3.38. The summed E-state index contributed by atoms with van der Waals surface area (Å²) in [5.41, 5.74) is 1.13. The Morgan fingerprint density at radius 2 is 1.94 bits per heavy atom. The Morgan fingerprint density at radius 3 is 2.72 bits per heavy atom. The maximum absolute atomic E-state index is 5.89. The Morgan fingerprint density at radius 1 is 1.11 bits per heavy atom. The van der Waals surface area contributed by atoms with E-state index in [4.69, 9.17) is 11.2 Å². The zero-order valence-electron chi connectivity index (χ0n) is 9.90. The molecular weight excluding hydrogens is 288 g/mol. The molecule has 0 spiro atoms. The highest BCUT2D eigenvalue weighted by Crippen LogP contribution is 2.27. The first-order valence-corrected chi connectivity index (χ1v) is 6.53. The summed E-state index contributed by atoms with van der Waals surface area (Å²) in [6, 6.07) is 15.8. The van der Waals surface area contributed by atoms with Crippen LogP contribution in [0.25, 0.3) is 0 Å². The molecular formula is C16H13BrO. The zero-order chi connectivity index (χ0) is 12.8. The monoisotopic (exact) mass is 300 g/mol. The maximum atomic E-state index is 5.89. The minimum absolute atomic E-state index is 0.721. The molecule has 0 fully saturated rings. The van der Waals surface area contributed by atoms with Gasteiger partial charge in [0.1, 0.15) is 11.5 Å². The molecule has 2 rings (SSSR count). The largest absolute Gasteiger partial charge is 0.457 e. The average Bonchev–Trinajstić information content (AvgIpc) is 2.38. The summed E-state index contributed by atoms with van der Waals surface area (Å²) in [6.45, 7) is 0. The molecule has 0 saturated heterocycles. The smallest absolute Gasteiger partial charge is 0.130 e. The molecule has 18 heavy (non-hydrogen) atoms. The minimum Gasteiger partial charge on any atom is -0.457 e. The fraction of sp³-hybridized carbons (Fsp3) is 0.125. The van der Waals surface area contributed by atoms with E-state index in [0.717, 1.165) is 34.4 Å². The molecule has 2 aromatic rings. The lowest BCUT2D eigenvalue weighted by atomic mass is 10.1. The predicted molar refractivity (Wildman–Crippen MR) is 77.8 cm³/mol. The Labute approximate surface area is 116 Å². The van der Waals surface area contributed by atoms with Gasteiger partial charge in [-0.05, 0) is 36.2 Å². The second-order valence-electron chi connectivity index (χ2n) is 3.87. The van der Waals surface area contributed by atoms with Gasteiger partial charge in [-0.15, -0.1) is 12.3 Å². The van der Waals surface area contributed by atoms with Gasteiger partial charge in [0.05, 0.1) is 0 Å². The highest BCUT2D eigenvalue weighted by Gasteiger charge is 2.04. The van der Waals surface area contributed by atoms with Gasteiger partial charge in [0.15, 0.2) is 0 Å². The Balaban J connectivity index is 2.21. The predicted octanol–water partition coefficient (Wildman–Crippen LogP) is 4.81. The lowest BCUT2D eigenvalue weighted by molar-refractivity contribution is 0.476. The number of halogens is 1. The van der Waals surface area contributed by atoms with Crippen LogP contribution < -0.4 is 4.74 Å². The summed E-state index contributed by atoms with van der Waals surface area (Å²) >= 11 is 3.43. The van der Waals surface area contributed by atoms with Crippen LogP contribution in [-0.4, -0.2) is 0 Å². The quantitative estimate of drug-likeness (QED) is 0.737. The van der Waals surface area contributed by atoms with Gasteiger partial charge in [-0.25, -0.2) is 0 Å². The normalized spacial score (nSPS) is 9.78. The van der Waals surface area contributed by atoms with Gasteiger partial charge in [0, 0.05) is 10.9 Å². The van der Waals surface area contributed by atoms with E-state index < -0.39 is 0 Å². The molecule has 0 aromatic heterocycles. The van der Waals surface area contributed by atoms with Crippen LogP contribution >= 0.6 is 15.9 Å². The molecule has 0 amide bonds. The molecule has 0 heterocycles. The van der Waals surface area contributed by atoms with E-state index in [9.17, 15) is 0 Å². The van der Waals surface area contributed by atoms with Crippen molar-refractivity contribution in [3.05, 3.63) is 58.6 Å². The van der Waals surface area contributed by atoms with Gasteiger partial charge >= 0.3 is 0 Å². The summed E-state index contributed by atoms with van der Waals surface area (Å²) in [5.74, 6) is 4.34. The number of aryl methyl sites for hydroxylation is 1. The van der Waals surface area contributed by atoms with Crippen molar-refractivity contribution in [2.45, 2.75) is 12.8 Å². The van der Waals surface area contributed by atoms with E-state index >= 15 is 0 Å². The molecule has 0 unspecified atom stereocenters. The molecule has 90 valence electrons. The van der Waals surface area contributed by atoms with Crippen molar-refractivity contribution in [3.8, 4) is 23.8 Å². The summed E-state index contributed by atoms with van der Waals surface area (Å²) < 4.78 is 6.89. The number of hydrogen-bond donors (Lipinski definition) is 0. The number of para-hydroxylation sites is 1. The van der Waals surface area contributed by atoms with Gasteiger partial charge in [0.2, 0.25) is 0 Å². The van der Waals surface area contributed by atoms with E-state index in [1.54, 1.807) is 0 Å². The second-order valence-corrected chi connectivity index (χ2v) is 4.79. The highest BCUT2D eigenvalue weighted by molar-refractivity contribution is 9.10. The van der Waals surface area contributed by atoms with Gasteiger partial charge < -0.3 is 4.74 Å². The first-order valence-electron chi connectivity index (χ1n) is 5.74. The minimum atomic E-state index is 0.721. The summed E-state index contributed by atoms with van der Waals surface area (Å²) in [4.78, 5) is 0. The maximum Gasteiger partial charge on any atom is 0.130 e. The van der Waals surface area contributed by atoms with Crippen LogP contribution in [0.5, 0.6) is 11.5 Å². The molecule has 2 heteroatoms. The molecule has 1 nitrogen and oxygen atoms in total. The van der Waals surface area contributed by atoms with E-state index in [0.29, 0.717) is 0 Å². The van der Waals surface area contributed by atoms with Crippen LogP contribution in [0.3, 0.4) is 0 Å². The molecule has 2 aromatic carbocycles. The number of benzene rings is 2. The summed E-state index contributed by atoms with van der Waals surface area (Å²) in [7, 11) is 0. The number of ether oxygens (including phenoxy) is 1. The van der Waals surface area contributed by atoms with Crippen LogP contribution in [-0.2, 0) is 6.42 Å². The Bertz CT molecular complexity index is 569. The van der Waals surface area contributed by atoms with Crippen LogP contribution in [0, 0.1) is 12.3 Å². The van der Waals surface area contributed by atoms with Crippen LogP contribution in [0.15, 0.2) is 53.0 Å². The molecule has 0 atom stereocenters. The first kappa shape index (κ1) is 12.7. The van der Waals surface area contributed by atoms with Crippen molar-refractivity contribution in [1.82, 2.24) is 0 Å². The topological polar surface area (TPSA) is 9.23 Å². The Hall–Kier alpha value is -1.72. The van der Waals surface area contributed by atoms with Gasteiger partial charge in [-0.2, -0.15) is 0 Å². The van der Waals surface area contributed by atoms with E-state index in [1.807, 2.05) is 48.5 Å². The van der Waals surface area contributed by atoms with Crippen molar-refractivity contribution in [3.63, 3.8) is 0 Å². The van der Waals surface area contributed by atoms with Crippen molar-refractivity contribution >= 4 is 15.9 Å². The van der Waals surface area contributed by atoms with Crippen molar-refractivity contribution in [2.24, 2.45) is 0 Å². The second kappa shape index (κ2) is 6.28. The van der Waals surface area contributed by atoms with Crippen LogP contribution in [0.2, 0.25) is 0 Å². The van der Waals surface area contributed by atoms with E-state index in [-0.39, 0.29) is 0 Å². The van der Waals surface area contributed by atoms with Gasteiger partial charge in [-0.3, -0.25) is 0 Å². The Kier molecular flexibility index (Phi) is 4.44. The fourth-order valence-electron chi connectivity index (χ4n) is 1.67. The molecule has 0 N–H and O–H groups in total. The SMILES string of the molecule is C#CCCc1ccccc1Oc1cccc(Br)c1. The number of rotatable bonds is 4. The van der Waals surface area contributed by atoms with Crippen molar-refractivity contribution in [1.29, 1.82) is 0 Å². The van der Waals surface area contributed by atoms with Crippen LogP contribution in [0.4, 0.5) is 0 Å².